The topological polar surface area (TPSA) is 59.0 Å². The van der Waals surface area contributed by atoms with E-state index in [1.54, 1.807) is 17.1 Å². The van der Waals surface area contributed by atoms with E-state index >= 15 is 0 Å². The van der Waals surface area contributed by atoms with Gasteiger partial charge in [-0.05, 0) is 19.4 Å². The maximum Gasteiger partial charge on any atom is 0.271 e. The molecule has 0 radical (unpaired) electrons. The summed E-state index contributed by atoms with van der Waals surface area (Å²) in [6.45, 7) is 1.91. The maximum absolute atomic E-state index is 11.7. The van der Waals surface area contributed by atoms with Crippen LogP contribution in [0.1, 0.15) is 23.3 Å². The van der Waals surface area contributed by atoms with Crippen LogP contribution in [-0.2, 0) is 7.05 Å². The van der Waals surface area contributed by atoms with Gasteiger partial charge in [-0.2, -0.15) is 0 Å². The molecule has 2 rings (SSSR count). The van der Waals surface area contributed by atoms with Gasteiger partial charge in [-0.3, -0.25) is 4.79 Å². The third-order valence-corrected chi connectivity index (χ3v) is 2.57. The van der Waals surface area contributed by atoms with Gasteiger partial charge in [0.05, 0.1) is 6.33 Å². The van der Waals surface area contributed by atoms with Crippen LogP contribution in [-0.4, -0.2) is 34.6 Å². The van der Waals surface area contributed by atoms with E-state index in [0.717, 1.165) is 25.9 Å². The number of aryl methyl sites for hydroxylation is 1. The molecule has 1 saturated heterocycles. The van der Waals surface area contributed by atoms with E-state index in [9.17, 15) is 4.79 Å². The second-order valence-corrected chi connectivity index (χ2v) is 3.94. The van der Waals surface area contributed by atoms with E-state index in [2.05, 4.69) is 15.6 Å². The predicted molar refractivity (Wildman–Crippen MR) is 63.8 cm³/mol. The van der Waals surface area contributed by atoms with Crippen LogP contribution in [0.15, 0.2) is 12.5 Å². The Morgan fingerprint density at radius 2 is 2.50 bits per heavy atom. The summed E-state index contributed by atoms with van der Waals surface area (Å²) < 4.78 is 1.77. The lowest BCUT2D eigenvalue weighted by atomic mass is 10.1. The third-order valence-electron chi connectivity index (χ3n) is 2.57. The van der Waals surface area contributed by atoms with Crippen molar-refractivity contribution >= 4 is 18.3 Å². The van der Waals surface area contributed by atoms with Crippen molar-refractivity contribution in [1.29, 1.82) is 0 Å². The molecule has 0 unspecified atom stereocenters. The minimum Gasteiger partial charge on any atom is -0.347 e. The highest BCUT2D eigenvalue weighted by Crippen LogP contribution is 2.02. The average molecular weight is 245 g/mol. The first-order valence-corrected chi connectivity index (χ1v) is 5.25. The van der Waals surface area contributed by atoms with E-state index < -0.39 is 0 Å². The van der Waals surface area contributed by atoms with Crippen molar-refractivity contribution in [3.05, 3.63) is 18.2 Å². The number of hydrogen-bond donors (Lipinski definition) is 2. The molecule has 1 fully saturated rings. The van der Waals surface area contributed by atoms with E-state index in [-0.39, 0.29) is 24.4 Å². The Balaban J connectivity index is 0.00000128. The SMILES string of the molecule is Cl.Cn1cnc(C(=O)N[C@@H]2CCCNC2)c1. The zero-order valence-electron chi connectivity index (χ0n) is 9.27. The summed E-state index contributed by atoms with van der Waals surface area (Å²) in [7, 11) is 1.85. The smallest absolute Gasteiger partial charge is 0.271 e. The minimum atomic E-state index is -0.0794. The van der Waals surface area contributed by atoms with Gasteiger partial charge in [0.2, 0.25) is 0 Å². The Hall–Kier alpha value is -1.07. The van der Waals surface area contributed by atoms with Gasteiger partial charge in [-0.25, -0.2) is 4.98 Å². The molecule has 0 saturated carbocycles. The van der Waals surface area contributed by atoms with Crippen LogP contribution in [0.3, 0.4) is 0 Å². The number of nitrogens with zero attached hydrogens (tertiary/aromatic N) is 2. The molecular formula is C10H17ClN4O. The number of imidazole rings is 1. The number of rotatable bonds is 2. The molecule has 90 valence electrons. The van der Waals surface area contributed by atoms with Gasteiger partial charge in [0.15, 0.2) is 0 Å². The van der Waals surface area contributed by atoms with Crippen molar-refractivity contribution in [2.24, 2.45) is 7.05 Å². The molecule has 1 amide bonds. The summed E-state index contributed by atoms with van der Waals surface area (Å²) in [5.41, 5.74) is 0.489. The van der Waals surface area contributed by atoms with Crippen molar-refractivity contribution in [3.8, 4) is 0 Å². The van der Waals surface area contributed by atoms with E-state index in [1.807, 2.05) is 7.05 Å². The van der Waals surface area contributed by atoms with Gasteiger partial charge >= 0.3 is 0 Å². The first kappa shape index (κ1) is 13.0. The normalized spacial score (nSPS) is 19.9. The molecule has 1 aromatic rings. The monoisotopic (exact) mass is 244 g/mol. The number of carbonyl (C=O) groups is 1. The van der Waals surface area contributed by atoms with Gasteiger partial charge in [-0.1, -0.05) is 0 Å². The van der Waals surface area contributed by atoms with E-state index in [1.165, 1.54) is 0 Å². The number of halogens is 1. The summed E-state index contributed by atoms with van der Waals surface area (Å²) >= 11 is 0. The first-order chi connectivity index (χ1) is 7.25. The molecule has 1 aliphatic heterocycles. The largest absolute Gasteiger partial charge is 0.347 e. The number of nitrogens with one attached hydrogen (secondary N) is 2. The molecule has 6 heteroatoms. The molecule has 2 N–H and O–H groups in total. The molecule has 2 heterocycles. The summed E-state index contributed by atoms with van der Waals surface area (Å²) in [5, 5.41) is 6.23. The van der Waals surface area contributed by atoms with Crippen LogP contribution in [0.4, 0.5) is 0 Å². The highest BCUT2D eigenvalue weighted by molar-refractivity contribution is 5.92. The van der Waals surface area contributed by atoms with Gasteiger partial charge in [-0.15, -0.1) is 12.4 Å². The fourth-order valence-electron chi connectivity index (χ4n) is 1.76. The molecule has 1 aliphatic rings. The Morgan fingerprint density at radius 1 is 1.69 bits per heavy atom. The molecular weight excluding hydrogens is 228 g/mol. The molecule has 16 heavy (non-hydrogen) atoms. The van der Waals surface area contributed by atoms with Crippen LogP contribution in [0.25, 0.3) is 0 Å². The number of hydrogen-bond acceptors (Lipinski definition) is 3. The molecule has 0 spiro atoms. The van der Waals surface area contributed by atoms with Gasteiger partial charge in [0, 0.05) is 25.8 Å². The molecule has 0 bridgehead atoms. The number of amides is 1. The fourth-order valence-corrected chi connectivity index (χ4v) is 1.76. The number of aromatic nitrogens is 2. The van der Waals surface area contributed by atoms with Crippen molar-refractivity contribution in [1.82, 2.24) is 20.2 Å². The molecule has 0 aromatic carbocycles. The van der Waals surface area contributed by atoms with Crippen molar-refractivity contribution < 1.29 is 4.79 Å². The maximum atomic E-state index is 11.7. The zero-order chi connectivity index (χ0) is 10.7. The van der Waals surface area contributed by atoms with Gasteiger partial charge < -0.3 is 15.2 Å². The average Bonchev–Trinajstić information content (AvgIpc) is 2.66. The Kier molecular flexibility index (Phi) is 4.76. The lowest BCUT2D eigenvalue weighted by Crippen LogP contribution is -2.45. The third kappa shape index (κ3) is 3.21. The van der Waals surface area contributed by atoms with Crippen molar-refractivity contribution in [3.63, 3.8) is 0 Å². The van der Waals surface area contributed by atoms with Crippen LogP contribution in [0.5, 0.6) is 0 Å². The van der Waals surface area contributed by atoms with E-state index in [0.29, 0.717) is 5.69 Å². The molecule has 5 nitrogen and oxygen atoms in total. The van der Waals surface area contributed by atoms with E-state index in [4.69, 9.17) is 0 Å². The summed E-state index contributed by atoms with van der Waals surface area (Å²) in [6.07, 6.45) is 5.53. The Labute approximate surface area is 101 Å². The Bertz CT molecular complexity index is 346. The lowest BCUT2D eigenvalue weighted by Gasteiger charge is -2.23. The highest BCUT2D eigenvalue weighted by atomic mass is 35.5. The standard InChI is InChI=1S/C10H16N4O.ClH/c1-14-6-9(12-7-14)10(15)13-8-3-2-4-11-5-8;/h6-8,11H,2-5H2,1H3,(H,13,15);1H/t8-;/m1./s1. The number of piperidine rings is 1. The quantitative estimate of drug-likeness (QED) is 0.788. The summed E-state index contributed by atoms with van der Waals surface area (Å²) in [5.74, 6) is -0.0794. The molecule has 1 atom stereocenters. The first-order valence-electron chi connectivity index (χ1n) is 5.25. The van der Waals surface area contributed by atoms with Crippen molar-refractivity contribution in [2.45, 2.75) is 18.9 Å². The predicted octanol–water partition coefficient (Wildman–Crippen LogP) is 0.324. The summed E-state index contributed by atoms with van der Waals surface area (Å²) in [6, 6.07) is 0.244. The minimum absolute atomic E-state index is 0. The van der Waals surface area contributed by atoms with Crippen molar-refractivity contribution in [2.75, 3.05) is 13.1 Å². The van der Waals surface area contributed by atoms with Crippen LogP contribution in [0, 0.1) is 0 Å². The highest BCUT2D eigenvalue weighted by Gasteiger charge is 2.17. The lowest BCUT2D eigenvalue weighted by molar-refractivity contribution is 0.0926. The second-order valence-electron chi connectivity index (χ2n) is 3.94. The second kappa shape index (κ2) is 5.86. The zero-order valence-corrected chi connectivity index (χ0v) is 10.1. The number of carbonyl (C=O) groups excluding carboxylic acids is 1. The Morgan fingerprint density at radius 3 is 3.06 bits per heavy atom. The van der Waals surface area contributed by atoms with Gasteiger partial charge in [0.1, 0.15) is 5.69 Å². The van der Waals surface area contributed by atoms with Crippen LogP contribution < -0.4 is 10.6 Å². The molecule has 0 aliphatic carbocycles. The molecule has 1 aromatic heterocycles. The van der Waals surface area contributed by atoms with Gasteiger partial charge in [0.25, 0.3) is 5.91 Å². The fraction of sp³-hybridized carbons (Fsp3) is 0.600. The summed E-state index contributed by atoms with van der Waals surface area (Å²) in [4.78, 5) is 15.7. The van der Waals surface area contributed by atoms with Crippen LogP contribution in [0.2, 0.25) is 0 Å². The van der Waals surface area contributed by atoms with Crippen LogP contribution >= 0.6 is 12.4 Å².